The normalized spacial score (nSPS) is 10.8. The Bertz CT molecular complexity index is 814. The van der Waals surface area contributed by atoms with Crippen LogP contribution in [0.2, 0.25) is 5.02 Å². The number of hydrogen-bond donors (Lipinski definition) is 0. The van der Waals surface area contributed by atoms with Gasteiger partial charge in [-0.05, 0) is 18.2 Å². The number of aromatic nitrogens is 3. The zero-order valence-electron chi connectivity index (χ0n) is 11.3. The van der Waals surface area contributed by atoms with Gasteiger partial charge in [0.15, 0.2) is 5.78 Å². The summed E-state index contributed by atoms with van der Waals surface area (Å²) < 4.78 is 6.88. The molecule has 0 N–H and O–H groups in total. The van der Waals surface area contributed by atoms with E-state index in [4.69, 9.17) is 16.3 Å². The SMILES string of the molecule is COc1ccc(Cl)cc1CC(=O)c1cnn2ccncc12. The summed E-state index contributed by atoms with van der Waals surface area (Å²) in [6, 6.07) is 5.22. The number of rotatable bonds is 4. The minimum atomic E-state index is -0.0569. The van der Waals surface area contributed by atoms with E-state index < -0.39 is 0 Å². The van der Waals surface area contributed by atoms with Crippen LogP contribution in [0.5, 0.6) is 5.75 Å². The maximum absolute atomic E-state index is 12.5. The van der Waals surface area contributed by atoms with E-state index in [0.717, 1.165) is 5.56 Å². The third kappa shape index (κ3) is 2.60. The van der Waals surface area contributed by atoms with Gasteiger partial charge >= 0.3 is 0 Å². The molecule has 21 heavy (non-hydrogen) atoms. The molecule has 0 saturated heterocycles. The lowest BCUT2D eigenvalue weighted by Crippen LogP contribution is -2.05. The number of hydrogen-bond acceptors (Lipinski definition) is 4. The fourth-order valence-electron chi connectivity index (χ4n) is 2.20. The molecule has 0 spiro atoms. The van der Waals surface area contributed by atoms with Crippen LogP contribution in [0.25, 0.3) is 5.52 Å². The summed E-state index contributed by atoms with van der Waals surface area (Å²) in [4.78, 5) is 16.5. The number of carbonyl (C=O) groups excluding carboxylic acids is 1. The lowest BCUT2D eigenvalue weighted by molar-refractivity contribution is 0.0993. The van der Waals surface area contributed by atoms with Crippen molar-refractivity contribution >= 4 is 22.9 Å². The lowest BCUT2D eigenvalue weighted by Gasteiger charge is -2.08. The second-order valence-electron chi connectivity index (χ2n) is 4.52. The molecule has 6 heteroatoms. The molecule has 0 amide bonds. The van der Waals surface area contributed by atoms with Crippen LogP contribution in [0.3, 0.4) is 0 Å². The lowest BCUT2D eigenvalue weighted by atomic mass is 10.0. The van der Waals surface area contributed by atoms with Crippen LogP contribution in [-0.4, -0.2) is 27.5 Å². The van der Waals surface area contributed by atoms with E-state index >= 15 is 0 Å². The van der Waals surface area contributed by atoms with Gasteiger partial charge in [0.2, 0.25) is 0 Å². The molecule has 0 unspecified atom stereocenters. The molecule has 0 aliphatic rings. The van der Waals surface area contributed by atoms with Gasteiger partial charge in [-0.1, -0.05) is 11.6 Å². The first-order valence-corrected chi connectivity index (χ1v) is 6.70. The van der Waals surface area contributed by atoms with Gasteiger partial charge < -0.3 is 4.74 Å². The van der Waals surface area contributed by atoms with E-state index in [-0.39, 0.29) is 12.2 Å². The fourth-order valence-corrected chi connectivity index (χ4v) is 2.40. The Kier molecular flexibility index (Phi) is 3.58. The molecule has 0 bridgehead atoms. The molecule has 2 aromatic heterocycles. The average Bonchev–Trinajstić information content (AvgIpc) is 2.91. The van der Waals surface area contributed by atoms with E-state index in [0.29, 0.717) is 21.9 Å². The molecular weight excluding hydrogens is 290 g/mol. The summed E-state index contributed by atoms with van der Waals surface area (Å²) in [7, 11) is 1.57. The first kappa shape index (κ1) is 13.6. The molecular formula is C15H12ClN3O2. The van der Waals surface area contributed by atoms with Crippen molar-refractivity contribution in [1.29, 1.82) is 0 Å². The van der Waals surface area contributed by atoms with Crippen molar-refractivity contribution in [3.8, 4) is 5.75 Å². The molecule has 0 saturated carbocycles. The van der Waals surface area contributed by atoms with Crippen molar-refractivity contribution in [1.82, 2.24) is 14.6 Å². The highest BCUT2D eigenvalue weighted by atomic mass is 35.5. The molecule has 106 valence electrons. The smallest absolute Gasteiger partial charge is 0.171 e. The number of nitrogens with zero attached hydrogens (tertiary/aromatic N) is 3. The zero-order valence-corrected chi connectivity index (χ0v) is 12.0. The molecule has 0 aliphatic heterocycles. The second kappa shape index (κ2) is 5.54. The Morgan fingerprint density at radius 2 is 2.24 bits per heavy atom. The van der Waals surface area contributed by atoms with Crippen LogP contribution in [0, 0.1) is 0 Å². The Hall–Kier alpha value is -2.40. The number of benzene rings is 1. The Labute approximate surface area is 126 Å². The minimum Gasteiger partial charge on any atom is -0.496 e. The molecule has 5 nitrogen and oxygen atoms in total. The van der Waals surface area contributed by atoms with Crippen LogP contribution in [0.4, 0.5) is 0 Å². The summed E-state index contributed by atoms with van der Waals surface area (Å²) in [5.74, 6) is 0.584. The van der Waals surface area contributed by atoms with Crippen molar-refractivity contribution in [3.05, 3.63) is 59.1 Å². The van der Waals surface area contributed by atoms with Crippen molar-refractivity contribution in [2.75, 3.05) is 7.11 Å². The third-order valence-corrected chi connectivity index (χ3v) is 3.45. The largest absolute Gasteiger partial charge is 0.496 e. The maximum Gasteiger partial charge on any atom is 0.171 e. The fraction of sp³-hybridized carbons (Fsp3) is 0.133. The van der Waals surface area contributed by atoms with Crippen LogP contribution in [0.1, 0.15) is 15.9 Å². The number of ether oxygens (including phenoxy) is 1. The highest BCUT2D eigenvalue weighted by Crippen LogP contribution is 2.24. The number of carbonyl (C=O) groups is 1. The third-order valence-electron chi connectivity index (χ3n) is 3.22. The highest BCUT2D eigenvalue weighted by Gasteiger charge is 2.15. The van der Waals surface area contributed by atoms with Crippen LogP contribution in [0.15, 0.2) is 43.0 Å². The van der Waals surface area contributed by atoms with E-state index in [9.17, 15) is 4.79 Å². The predicted octanol–water partition coefficient (Wildman–Crippen LogP) is 2.82. The Balaban J connectivity index is 1.95. The van der Waals surface area contributed by atoms with Crippen molar-refractivity contribution in [2.24, 2.45) is 0 Å². The van der Waals surface area contributed by atoms with Gasteiger partial charge in [-0.15, -0.1) is 0 Å². The Morgan fingerprint density at radius 1 is 1.38 bits per heavy atom. The predicted molar refractivity (Wildman–Crippen MR) is 79.0 cm³/mol. The van der Waals surface area contributed by atoms with Gasteiger partial charge in [-0.3, -0.25) is 9.78 Å². The standard InChI is InChI=1S/C15H12ClN3O2/c1-21-15-3-2-11(16)6-10(15)7-14(20)12-8-18-19-5-4-17-9-13(12)19/h2-6,8-9H,7H2,1H3. The minimum absolute atomic E-state index is 0.0569. The van der Waals surface area contributed by atoms with Gasteiger partial charge in [0.25, 0.3) is 0 Å². The van der Waals surface area contributed by atoms with Crippen molar-refractivity contribution in [3.63, 3.8) is 0 Å². The van der Waals surface area contributed by atoms with E-state index in [1.165, 1.54) is 0 Å². The van der Waals surface area contributed by atoms with Gasteiger partial charge in [-0.25, -0.2) is 4.52 Å². The van der Waals surface area contributed by atoms with Crippen molar-refractivity contribution < 1.29 is 9.53 Å². The van der Waals surface area contributed by atoms with E-state index in [1.807, 2.05) is 0 Å². The number of ketones is 1. The van der Waals surface area contributed by atoms with Gasteiger partial charge in [0.05, 0.1) is 30.6 Å². The van der Waals surface area contributed by atoms with Crippen LogP contribution < -0.4 is 4.74 Å². The van der Waals surface area contributed by atoms with Gasteiger partial charge in [0, 0.05) is 29.4 Å². The zero-order chi connectivity index (χ0) is 14.8. The number of Topliss-reactive ketones (excluding diaryl/α,β-unsaturated/α-hetero) is 1. The quantitative estimate of drug-likeness (QED) is 0.695. The van der Waals surface area contributed by atoms with Gasteiger partial charge in [0.1, 0.15) is 5.75 Å². The molecule has 0 fully saturated rings. The summed E-state index contributed by atoms with van der Waals surface area (Å²) >= 11 is 5.98. The number of fused-ring (bicyclic) bond motifs is 1. The summed E-state index contributed by atoms with van der Waals surface area (Å²) in [5, 5.41) is 4.71. The molecule has 3 rings (SSSR count). The summed E-state index contributed by atoms with van der Waals surface area (Å²) in [6.45, 7) is 0. The first-order valence-electron chi connectivity index (χ1n) is 6.32. The van der Waals surface area contributed by atoms with Crippen LogP contribution >= 0.6 is 11.6 Å². The maximum atomic E-state index is 12.5. The number of halogens is 1. The van der Waals surface area contributed by atoms with Crippen LogP contribution in [-0.2, 0) is 6.42 Å². The van der Waals surface area contributed by atoms with Crippen molar-refractivity contribution in [2.45, 2.75) is 6.42 Å². The second-order valence-corrected chi connectivity index (χ2v) is 4.96. The molecule has 0 aliphatic carbocycles. The average molecular weight is 302 g/mol. The van der Waals surface area contributed by atoms with Gasteiger partial charge in [-0.2, -0.15) is 5.10 Å². The molecule has 0 atom stereocenters. The molecule has 3 aromatic rings. The first-order chi connectivity index (χ1) is 10.2. The summed E-state index contributed by atoms with van der Waals surface area (Å²) in [5.41, 5.74) is 1.96. The van der Waals surface area contributed by atoms with E-state index in [1.54, 1.807) is 54.6 Å². The molecule has 1 aromatic carbocycles. The number of methoxy groups -OCH3 is 1. The molecule has 0 radical (unpaired) electrons. The molecule has 2 heterocycles. The Morgan fingerprint density at radius 3 is 3.05 bits per heavy atom. The van der Waals surface area contributed by atoms with E-state index in [2.05, 4.69) is 10.1 Å². The summed E-state index contributed by atoms with van der Waals surface area (Å²) in [6.07, 6.45) is 6.69. The highest BCUT2D eigenvalue weighted by molar-refractivity contribution is 6.30. The monoisotopic (exact) mass is 301 g/mol. The topological polar surface area (TPSA) is 56.5 Å².